The number of ether oxygens (including phenoxy) is 1. The second-order valence-electron chi connectivity index (χ2n) is 5.51. The highest BCUT2D eigenvalue weighted by Gasteiger charge is 2.11. The highest BCUT2D eigenvalue weighted by atomic mass is 16.5. The molecule has 1 heterocycles. The standard InChI is InChI=1S/C17H28N2O/c1-2-9-18-10-8-16-6-3-4-7-17(16)15-19-11-5-13-20-14-12-19/h3-4,6-7,18H,2,5,8-15H2,1H3. The predicted octanol–water partition coefficient (Wildman–Crippen LogP) is 2.45. The second kappa shape index (κ2) is 9.11. The zero-order valence-corrected chi connectivity index (χ0v) is 12.7. The van der Waals surface area contributed by atoms with E-state index in [0.717, 1.165) is 58.8 Å². The molecule has 0 bridgehead atoms. The molecule has 3 nitrogen and oxygen atoms in total. The van der Waals surface area contributed by atoms with E-state index < -0.39 is 0 Å². The molecule has 0 atom stereocenters. The third-order valence-corrected chi connectivity index (χ3v) is 3.83. The minimum absolute atomic E-state index is 0.875. The molecule has 0 aromatic heterocycles. The van der Waals surface area contributed by atoms with Gasteiger partial charge in [-0.2, -0.15) is 0 Å². The minimum Gasteiger partial charge on any atom is -0.380 e. The summed E-state index contributed by atoms with van der Waals surface area (Å²) in [6, 6.07) is 8.87. The van der Waals surface area contributed by atoms with Crippen molar-refractivity contribution in [1.82, 2.24) is 10.2 Å². The summed E-state index contributed by atoms with van der Waals surface area (Å²) >= 11 is 0. The Morgan fingerprint density at radius 2 is 1.95 bits per heavy atom. The number of nitrogens with one attached hydrogen (secondary N) is 1. The van der Waals surface area contributed by atoms with Gasteiger partial charge in [-0.15, -0.1) is 0 Å². The summed E-state index contributed by atoms with van der Waals surface area (Å²) in [4.78, 5) is 2.52. The van der Waals surface area contributed by atoms with Gasteiger partial charge in [-0.3, -0.25) is 4.90 Å². The average molecular weight is 276 g/mol. The van der Waals surface area contributed by atoms with Gasteiger partial charge in [-0.05, 0) is 43.5 Å². The zero-order valence-electron chi connectivity index (χ0n) is 12.7. The summed E-state index contributed by atoms with van der Waals surface area (Å²) in [6.07, 6.45) is 3.48. The van der Waals surface area contributed by atoms with Crippen LogP contribution < -0.4 is 5.32 Å². The number of nitrogens with zero attached hydrogens (tertiary/aromatic N) is 1. The molecule has 20 heavy (non-hydrogen) atoms. The van der Waals surface area contributed by atoms with Crippen molar-refractivity contribution in [3.05, 3.63) is 35.4 Å². The third-order valence-electron chi connectivity index (χ3n) is 3.83. The predicted molar refractivity (Wildman–Crippen MR) is 84.0 cm³/mol. The molecule has 1 aromatic rings. The first-order valence-electron chi connectivity index (χ1n) is 7.97. The van der Waals surface area contributed by atoms with Gasteiger partial charge in [0.1, 0.15) is 0 Å². The van der Waals surface area contributed by atoms with Gasteiger partial charge >= 0.3 is 0 Å². The van der Waals surface area contributed by atoms with Gasteiger partial charge in [-0.25, -0.2) is 0 Å². The number of rotatable bonds is 7. The second-order valence-corrected chi connectivity index (χ2v) is 5.51. The van der Waals surface area contributed by atoms with Gasteiger partial charge in [0, 0.05) is 26.2 Å². The lowest BCUT2D eigenvalue weighted by atomic mass is 10.0. The summed E-state index contributed by atoms with van der Waals surface area (Å²) in [5, 5.41) is 3.49. The number of hydrogen-bond donors (Lipinski definition) is 1. The minimum atomic E-state index is 0.875. The zero-order chi connectivity index (χ0) is 14.0. The fraction of sp³-hybridized carbons (Fsp3) is 0.647. The molecule has 0 radical (unpaired) electrons. The summed E-state index contributed by atoms with van der Waals surface area (Å²) in [7, 11) is 0. The quantitative estimate of drug-likeness (QED) is 0.774. The molecule has 3 heteroatoms. The van der Waals surface area contributed by atoms with E-state index in [4.69, 9.17) is 4.74 Å². The van der Waals surface area contributed by atoms with E-state index in [-0.39, 0.29) is 0 Å². The van der Waals surface area contributed by atoms with Crippen molar-refractivity contribution < 1.29 is 4.74 Å². The van der Waals surface area contributed by atoms with Gasteiger partial charge in [0.15, 0.2) is 0 Å². The molecule has 0 aliphatic carbocycles. The number of benzene rings is 1. The molecule has 1 fully saturated rings. The molecular weight excluding hydrogens is 248 g/mol. The fourth-order valence-electron chi connectivity index (χ4n) is 2.68. The van der Waals surface area contributed by atoms with E-state index in [1.165, 1.54) is 17.5 Å². The van der Waals surface area contributed by atoms with Crippen LogP contribution >= 0.6 is 0 Å². The van der Waals surface area contributed by atoms with Gasteiger partial charge in [0.05, 0.1) is 6.61 Å². The van der Waals surface area contributed by atoms with Crippen molar-refractivity contribution in [1.29, 1.82) is 0 Å². The van der Waals surface area contributed by atoms with Crippen molar-refractivity contribution in [2.75, 3.05) is 39.4 Å². The summed E-state index contributed by atoms with van der Waals surface area (Å²) in [6.45, 7) is 9.47. The highest BCUT2D eigenvalue weighted by molar-refractivity contribution is 5.27. The number of hydrogen-bond acceptors (Lipinski definition) is 3. The molecular formula is C17H28N2O. The van der Waals surface area contributed by atoms with Crippen molar-refractivity contribution >= 4 is 0 Å². The topological polar surface area (TPSA) is 24.5 Å². The Kier molecular flexibility index (Phi) is 7.06. The molecule has 2 rings (SSSR count). The molecule has 1 N–H and O–H groups in total. The Morgan fingerprint density at radius 1 is 1.10 bits per heavy atom. The first-order chi connectivity index (χ1) is 9.90. The van der Waals surface area contributed by atoms with E-state index in [1.54, 1.807) is 0 Å². The van der Waals surface area contributed by atoms with Gasteiger partial charge < -0.3 is 10.1 Å². The lowest BCUT2D eigenvalue weighted by molar-refractivity contribution is 0.140. The van der Waals surface area contributed by atoms with Crippen LogP contribution in [0.1, 0.15) is 30.9 Å². The Balaban J connectivity index is 1.89. The maximum absolute atomic E-state index is 5.53. The van der Waals surface area contributed by atoms with Crippen LogP contribution in [0.25, 0.3) is 0 Å². The Hall–Kier alpha value is -0.900. The smallest absolute Gasteiger partial charge is 0.0593 e. The van der Waals surface area contributed by atoms with Crippen LogP contribution in [-0.2, 0) is 17.7 Å². The monoisotopic (exact) mass is 276 g/mol. The fourth-order valence-corrected chi connectivity index (χ4v) is 2.68. The van der Waals surface area contributed by atoms with Crippen molar-refractivity contribution in [2.24, 2.45) is 0 Å². The van der Waals surface area contributed by atoms with Gasteiger partial charge in [0.2, 0.25) is 0 Å². The molecule has 1 saturated heterocycles. The SMILES string of the molecule is CCCNCCc1ccccc1CN1CCCOCC1. The first-order valence-corrected chi connectivity index (χ1v) is 7.97. The van der Waals surface area contributed by atoms with E-state index in [1.807, 2.05) is 0 Å². The van der Waals surface area contributed by atoms with Crippen LogP contribution in [-0.4, -0.2) is 44.3 Å². The Labute approximate surface area is 123 Å². The molecule has 1 aliphatic rings. The molecule has 0 amide bonds. The van der Waals surface area contributed by atoms with Crippen LogP contribution in [0.2, 0.25) is 0 Å². The van der Waals surface area contributed by atoms with Gasteiger partial charge in [-0.1, -0.05) is 31.2 Å². The molecule has 112 valence electrons. The Bertz CT molecular complexity index is 373. The van der Waals surface area contributed by atoms with Crippen LogP contribution in [0.4, 0.5) is 0 Å². The molecule has 1 aromatic carbocycles. The maximum Gasteiger partial charge on any atom is 0.0593 e. The lowest BCUT2D eigenvalue weighted by Crippen LogP contribution is -2.26. The van der Waals surface area contributed by atoms with Crippen LogP contribution in [0, 0.1) is 0 Å². The highest BCUT2D eigenvalue weighted by Crippen LogP contribution is 2.13. The van der Waals surface area contributed by atoms with Crippen LogP contribution in [0.5, 0.6) is 0 Å². The van der Waals surface area contributed by atoms with Gasteiger partial charge in [0.25, 0.3) is 0 Å². The van der Waals surface area contributed by atoms with E-state index >= 15 is 0 Å². The maximum atomic E-state index is 5.53. The molecule has 0 spiro atoms. The van der Waals surface area contributed by atoms with Crippen molar-refractivity contribution in [3.8, 4) is 0 Å². The summed E-state index contributed by atoms with van der Waals surface area (Å²) in [5.41, 5.74) is 2.97. The van der Waals surface area contributed by atoms with E-state index in [2.05, 4.69) is 41.4 Å². The first kappa shape index (κ1) is 15.5. The largest absolute Gasteiger partial charge is 0.380 e. The van der Waals surface area contributed by atoms with Crippen molar-refractivity contribution in [2.45, 2.75) is 32.7 Å². The third kappa shape index (κ3) is 5.23. The van der Waals surface area contributed by atoms with Crippen LogP contribution in [0.3, 0.4) is 0 Å². The average Bonchev–Trinajstić information content (AvgIpc) is 2.74. The molecule has 1 aliphatic heterocycles. The van der Waals surface area contributed by atoms with E-state index in [0.29, 0.717) is 0 Å². The van der Waals surface area contributed by atoms with E-state index in [9.17, 15) is 0 Å². The lowest BCUT2D eigenvalue weighted by Gasteiger charge is -2.21. The van der Waals surface area contributed by atoms with Crippen molar-refractivity contribution in [3.63, 3.8) is 0 Å². The molecule has 0 unspecified atom stereocenters. The summed E-state index contributed by atoms with van der Waals surface area (Å²) < 4.78 is 5.53. The van der Waals surface area contributed by atoms with Crippen LogP contribution in [0.15, 0.2) is 24.3 Å². The summed E-state index contributed by atoms with van der Waals surface area (Å²) in [5.74, 6) is 0. The Morgan fingerprint density at radius 3 is 2.80 bits per heavy atom. The molecule has 0 saturated carbocycles. The normalized spacial score (nSPS) is 17.1.